The molecular weight excluding hydrogens is 374 g/mol. The highest BCUT2D eigenvalue weighted by molar-refractivity contribution is 7.13. The monoisotopic (exact) mass is 399 g/mol. The molecule has 4 atom stereocenters. The number of hydrogen-bond acceptors (Lipinski definition) is 6. The minimum atomic E-state index is -0.0779. The largest absolute Gasteiger partial charge is 0.461 e. The lowest BCUT2D eigenvalue weighted by Crippen LogP contribution is -2.53. The van der Waals surface area contributed by atoms with Crippen LogP contribution in [0, 0.1) is 5.92 Å². The van der Waals surface area contributed by atoms with Gasteiger partial charge in [-0.3, -0.25) is 9.69 Å². The summed E-state index contributed by atoms with van der Waals surface area (Å²) in [6, 6.07) is 13.1. The van der Waals surface area contributed by atoms with Gasteiger partial charge in [-0.05, 0) is 22.6 Å². The number of esters is 1. The van der Waals surface area contributed by atoms with Crippen LogP contribution in [0.25, 0.3) is 10.4 Å². The number of rotatable bonds is 5. The highest BCUT2D eigenvalue weighted by Crippen LogP contribution is 2.41. The first-order chi connectivity index (χ1) is 13.8. The van der Waals surface area contributed by atoms with Gasteiger partial charge in [-0.15, -0.1) is 11.3 Å². The van der Waals surface area contributed by atoms with Crippen molar-refractivity contribution in [1.82, 2.24) is 4.90 Å². The molecule has 0 N–H and O–H groups in total. The Hall–Kier alpha value is -1.73. The Kier molecular flexibility index (Phi) is 5.20. The van der Waals surface area contributed by atoms with Crippen LogP contribution in [0.15, 0.2) is 41.8 Å². The Morgan fingerprint density at radius 2 is 1.96 bits per heavy atom. The Morgan fingerprint density at radius 1 is 1.14 bits per heavy atom. The molecule has 0 radical (unpaired) electrons. The second-order valence-corrected chi connectivity index (χ2v) is 8.74. The lowest BCUT2D eigenvalue weighted by molar-refractivity contribution is -0.161. The number of ether oxygens (including phenoxy) is 3. The number of fused-ring (bicyclic) bond motifs is 2. The van der Waals surface area contributed by atoms with E-state index in [4.69, 9.17) is 14.2 Å². The van der Waals surface area contributed by atoms with Gasteiger partial charge in [0.05, 0.1) is 38.4 Å². The molecule has 28 heavy (non-hydrogen) atoms. The van der Waals surface area contributed by atoms with Crippen molar-refractivity contribution in [3.63, 3.8) is 0 Å². The number of carbonyl (C=O) groups is 1. The first-order valence-corrected chi connectivity index (χ1v) is 10.9. The molecule has 3 heterocycles. The molecule has 1 aromatic carbocycles. The molecule has 0 amide bonds. The minimum Gasteiger partial charge on any atom is -0.461 e. The van der Waals surface area contributed by atoms with Crippen molar-refractivity contribution in [3.05, 3.63) is 47.3 Å². The molecule has 3 fully saturated rings. The summed E-state index contributed by atoms with van der Waals surface area (Å²) in [4.78, 5) is 15.7. The number of nitrogens with zero attached hydrogens (tertiary/aromatic N) is 1. The van der Waals surface area contributed by atoms with E-state index in [-0.39, 0.29) is 30.1 Å². The van der Waals surface area contributed by atoms with Crippen LogP contribution in [-0.4, -0.2) is 55.4 Å². The van der Waals surface area contributed by atoms with Crippen LogP contribution in [-0.2, 0) is 25.6 Å². The smallest absolute Gasteiger partial charge is 0.306 e. The number of carbonyl (C=O) groups excluding carboxylic acids is 1. The van der Waals surface area contributed by atoms with Crippen molar-refractivity contribution >= 4 is 17.3 Å². The van der Waals surface area contributed by atoms with E-state index in [0.29, 0.717) is 13.0 Å². The van der Waals surface area contributed by atoms with E-state index in [1.165, 1.54) is 10.4 Å². The van der Waals surface area contributed by atoms with Crippen LogP contribution in [0.1, 0.15) is 18.4 Å². The van der Waals surface area contributed by atoms with Crippen molar-refractivity contribution < 1.29 is 19.0 Å². The van der Waals surface area contributed by atoms with Crippen molar-refractivity contribution in [2.75, 3.05) is 26.3 Å². The predicted octanol–water partition coefficient (Wildman–Crippen LogP) is 3.34. The fraction of sp³-hybridized carbons (Fsp3) is 0.500. The minimum absolute atomic E-state index is 0.0458. The predicted molar refractivity (Wildman–Crippen MR) is 107 cm³/mol. The molecule has 148 valence electrons. The maximum Gasteiger partial charge on any atom is 0.306 e. The third-order valence-electron chi connectivity index (χ3n) is 6.14. The molecule has 2 saturated heterocycles. The molecule has 5 rings (SSSR count). The summed E-state index contributed by atoms with van der Waals surface area (Å²) in [6.45, 7) is 3.90. The average molecular weight is 400 g/mol. The van der Waals surface area contributed by atoms with E-state index in [2.05, 4.69) is 46.7 Å². The van der Waals surface area contributed by atoms with Crippen LogP contribution in [0.5, 0.6) is 0 Å². The summed E-state index contributed by atoms with van der Waals surface area (Å²) in [5.74, 6) is 0.139. The van der Waals surface area contributed by atoms with Gasteiger partial charge >= 0.3 is 5.97 Å². The summed E-state index contributed by atoms with van der Waals surface area (Å²) in [5.41, 5.74) is 2.40. The van der Waals surface area contributed by atoms with Gasteiger partial charge < -0.3 is 14.2 Å². The Balaban J connectivity index is 1.24. The number of thiophene rings is 1. The molecular formula is C22H25NO4S. The quantitative estimate of drug-likeness (QED) is 0.722. The second kappa shape index (κ2) is 7.95. The van der Waals surface area contributed by atoms with E-state index in [1.54, 1.807) is 11.3 Å². The summed E-state index contributed by atoms with van der Waals surface area (Å²) in [6.07, 6.45) is 1.28. The molecule has 2 aromatic rings. The van der Waals surface area contributed by atoms with Gasteiger partial charge in [-0.1, -0.05) is 30.3 Å². The van der Waals surface area contributed by atoms with E-state index in [1.807, 2.05) is 0 Å². The van der Waals surface area contributed by atoms with E-state index in [0.717, 1.165) is 38.3 Å². The number of morpholine rings is 1. The molecule has 2 aliphatic heterocycles. The SMILES string of the molecule is O=C1CC2C(OCc3ccc(-c4cccs4)cc3)CC(O1)C2N1CCOCC1. The highest BCUT2D eigenvalue weighted by Gasteiger charge is 2.52. The molecule has 0 spiro atoms. The number of benzene rings is 1. The lowest BCUT2D eigenvalue weighted by atomic mass is 9.93. The van der Waals surface area contributed by atoms with E-state index >= 15 is 0 Å². The molecule has 4 unspecified atom stereocenters. The van der Waals surface area contributed by atoms with Crippen molar-refractivity contribution in [2.24, 2.45) is 5.92 Å². The molecule has 2 bridgehead atoms. The summed E-state index contributed by atoms with van der Waals surface area (Å²) >= 11 is 1.75. The van der Waals surface area contributed by atoms with E-state index in [9.17, 15) is 4.79 Å². The molecule has 6 heteroatoms. The van der Waals surface area contributed by atoms with Gasteiger partial charge in [-0.25, -0.2) is 0 Å². The Morgan fingerprint density at radius 3 is 2.71 bits per heavy atom. The molecule has 1 aromatic heterocycles. The van der Waals surface area contributed by atoms with Crippen LogP contribution in [0.3, 0.4) is 0 Å². The molecule has 1 aliphatic carbocycles. The lowest BCUT2D eigenvalue weighted by Gasteiger charge is -2.40. The normalized spacial score (nSPS) is 30.4. The van der Waals surface area contributed by atoms with Crippen molar-refractivity contribution in [3.8, 4) is 10.4 Å². The van der Waals surface area contributed by atoms with Crippen molar-refractivity contribution in [2.45, 2.75) is 37.7 Å². The maximum absolute atomic E-state index is 12.0. The van der Waals surface area contributed by atoms with Gasteiger partial charge in [-0.2, -0.15) is 0 Å². The third kappa shape index (κ3) is 3.62. The van der Waals surface area contributed by atoms with Crippen LogP contribution in [0.2, 0.25) is 0 Å². The molecule has 3 aliphatic rings. The number of hydrogen-bond donors (Lipinski definition) is 0. The Bertz CT molecular complexity index is 800. The maximum atomic E-state index is 12.0. The first kappa shape index (κ1) is 18.3. The summed E-state index contributed by atoms with van der Waals surface area (Å²) in [5, 5.41) is 2.10. The average Bonchev–Trinajstić information content (AvgIpc) is 3.33. The highest BCUT2D eigenvalue weighted by atomic mass is 32.1. The standard InChI is InChI=1S/C22H25NO4S/c24-21-12-17-18(13-19(27-21)22(17)23-7-9-25-10-8-23)26-14-15-3-5-16(6-4-15)20-2-1-11-28-20/h1-6,11,17-19,22H,7-10,12-14H2. The fourth-order valence-corrected chi connectivity index (χ4v) is 5.54. The van der Waals surface area contributed by atoms with Crippen molar-refractivity contribution in [1.29, 1.82) is 0 Å². The zero-order valence-corrected chi connectivity index (χ0v) is 16.6. The summed E-state index contributed by atoms with van der Waals surface area (Å²) < 4.78 is 17.5. The Labute approximate surface area is 169 Å². The van der Waals surface area contributed by atoms with Crippen LogP contribution in [0.4, 0.5) is 0 Å². The first-order valence-electron chi connectivity index (χ1n) is 10.0. The zero-order chi connectivity index (χ0) is 18.9. The fourth-order valence-electron chi connectivity index (χ4n) is 4.80. The van der Waals surface area contributed by atoms with Gasteiger partial charge in [0.1, 0.15) is 6.10 Å². The second-order valence-electron chi connectivity index (χ2n) is 7.79. The zero-order valence-electron chi connectivity index (χ0n) is 15.8. The van der Waals surface area contributed by atoms with Gasteiger partial charge in [0.15, 0.2) is 0 Å². The van der Waals surface area contributed by atoms with Gasteiger partial charge in [0.2, 0.25) is 0 Å². The molecule has 1 saturated carbocycles. The van der Waals surface area contributed by atoms with Gasteiger partial charge in [0.25, 0.3) is 0 Å². The van der Waals surface area contributed by atoms with Gasteiger partial charge in [0, 0.05) is 30.3 Å². The van der Waals surface area contributed by atoms with E-state index < -0.39 is 0 Å². The van der Waals surface area contributed by atoms with Crippen LogP contribution >= 0.6 is 11.3 Å². The van der Waals surface area contributed by atoms with Crippen LogP contribution < -0.4 is 0 Å². The summed E-state index contributed by atoms with van der Waals surface area (Å²) in [7, 11) is 0. The topological polar surface area (TPSA) is 48.0 Å². The third-order valence-corrected chi connectivity index (χ3v) is 7.06. The molecule has 5 nitrogen and oxygen atoms in total.